The summed E-state index contributed by atoms with van der Waals surface area (Å²) in [5.74, 6) is 0.476. The van der Waals surface area contributed by atoms with E-state index < -0.39 is 5.91 Å². The van der Waals surface area contributed by atoms with E-state index in [2.05, 4.69) is 21.2 Å². The molecule has 0 atom stereocenters. The number of ether oxygens (including phenoxy) is 2. The number of hydrogen-bond donors (Lipinski definition) is 1. The third-order valence-electron chi connectivity index (χ3n) is 4.51. The number of nitriles is 1. The van der Waals surface area contributed by atoms with Crippen LogP contribution < -0.4 is 14.8 Å². The molecule has 0 radical (unpaired) electrons. The molecule has 0 fully saturated rings. The van der Waals surface area contributed by atoms with E-state index in [1.54, 1.807) is 30.3 Å². The third-order valence-corrected chi connectivity index (χ3v) is 5.33. The van der Waals surface area contributed by atoms with Gasteiger partial charge in [0.15, 0.2) is 11.5 Å². The van der Waals surface area contributed by atoms with Crippen molar-refractivity contribution < 1.29 is 14.3 Å². The van der Waals surface area contributed by atoms with Crippen molar-refractivity contribution in [2.75, 3.05) is 12.4 Å². The van der Waals surface area contributed by atoms with Crippen molar-refractivity contribution in [2.45, 2.75) is 13.5 Å². The molecule has 3 aromatic rings. The monoisotopic (exact) mass is 510 g/mol. The minimum absolute atomic E-state index is 0.0351. The van der Waals surface area contributed by atoms with Gasteiger partial charge in [0.1, 0.15) is 18.2 Å². The van der Waals surface area contributed by atoms with E-state index in [4.69, 9.17) is 21.1 Å². The zero-order valence-electron chi connectivity index (χ0n) is 17.5. The minimum Gasteiger partial charge on any atom is -0.493 e. The van der Waals surface area contributed by atoms with Crippen LogP contribution in [0.15, 0.2) is 70.7 Å². The highest BCUT2D eigenvalue weighted by molar-refractivity contribution is 9.10. The molecule has 5 nitrogen and oxygen atoms in total. The summed E-state index contributed by atoms with van der Waals surface area (Å²) >= 11 is 9.52. The number of anilines is 1. The van der Waals surface area contributed by atoms with Gasteiger partial charge in [-0.3, -0.25) is 4.79 Å². The molecule has 3 rings (SSSR count). The van der Waals surface area contributed by atoms with E-state index in [1.807, 2.05) is 43.3 Å². The second kappa shape index (κ2) is 10.9. The Morgan fingerprint density at radius 2 is 1.94 bits per heavy atom. The summed E-state index contributed by atoms with van der Waals surface area (Å²) in [5.41, 5.74) is 3.18. The number of halogens is 2. The fourth-order valence-corrected chi connectivity index (χ4v) is 3.68. The van der Waals surface area contributed by atoms with Gasteiger partial charge in [-0.15, -0.1) is 0 Å². The number of aryl methyl sites for hydroxylation is 1. The first-order chi connectivity index (χ1) is 15.4. The van der Waals surface area contributed by atoms with Gasteiger partial charge in [0, 0.05) is 10.7 Å². The van der Waals surface area contributed by atoms with E-state index >= 15 is 0 Å². The fourth-order valence-electron chi connectivity index (χ4n) is 2.90. The number of nitrogens with zero attached hydrogens (tertiary/aromatic N) is 1. The van der Waals surface area contributed by atoms with E-state index in [0.717, 1.165) is 11.1 Å². The fraction of sp³-hybridized carbons (Fsp3) is 0.120. The van der Waals surface area contributed by atoms with E-state index in [0.29, 0.717) is 38.9 Å². The molecule has 0 aliphatic heterocycles. The predicted molar refractivity (Wildman–Crippen MR) is 130 cm³/mol. The maximum atomic E-state index is 12.5. The molecule has 0 unspecified atom stereocenters. The van der Waals surface area contributed by atoms with Crippen LogP contribution in [0, 0.1) is 18.3 Å². The van der Waals surface area contributed by atoms with Gasteiger partial charge in [0.2, 0.25) is 0 Å². The number of carbonyl (C=O) groups is 1. The first-order valence-corrected chi connectivity index (χ1v) is 10.8. The summed E-state index contributed by atoms with van der Waals surface area (Å²) in [7, 11) is 1.52. The molecule has 3 aromatic carbocycles. The van der Waals surface area contributed by atoms with Gasteiger partial charge in [0.25, 0.3) is 5.91 Å². The first-order valence-electron chi connectivity index (χ1n) is 9.64. The smallest absolute Gasteiger partial charge is 0.266 e. The van der Waals surface area contributed by atoms with Crippen molar-refractivity contribution in [3.8, 4) is 17.6 Å². The van der Waals surface area contributed by atoms with Gasteiger partial charge in [-0.1, -0.05) is 41.4 Å². The Bertz CT molecular complexity index is 1200. The number of amides is 1. The molecule has 7 heteroatoms. The molecule has 162 valence electrons. The van der Waals surface area contributed by atoms with Gasteiger partial charge in [-0.25, -0.2) is 0 Å². The molecule has 0 bridgehead atoms. The van der Waals surface area contributed by atoms with E-state index in [1.165, 1.54) is 13.2 Å². The third kappa shape index (κ3) is 6.13. The van der Waals surface area contributed by atoms with Crippen molar-refractivity contribution in [1.82, 2.24) is 0 Å². The van der Waals surface area contributed by atoms with Crippen LogP contribution in [0.4, 0.5) is 5.69 Å². The van der Waals surface area contributed by atoms with Crippen LogP contribution in [0.2, 0.25) is 5.02 Å². The lowest BCUT2D eigenvalue weighted by Gasteiger charge is -2.14. The number of nitrogens with one attached hydrogen (secondary N) is 1. The molecule has 0 spiro atoms. The summed E-state index contributed by atoms with van der Waals surface area (Å²) < 4.78 is 12.0. The lowest BCUT2D eigenvalue weighted by atomic mass is 10.1. The van der Waals surface area contributed by atoms with Crippen molar-refractivity contribution in [3.05, 3.63) is 92.4 Å². The van der Waals surface area contributed by atoms with Crippen LogP contribution in [-0.4, -0.2) is 13.0 Å². The molecule has 0 aliphatic rings. The number of rotatable bonds is 7. The molecular formula is C25H20BrClN2O3. The molecule has 0 saturated heterocycles. The van der Waals surface area contributed by atoms with Gasteiger partial charge in [0.05, 0.1) is 11.6 Å². The van der Waals surface area contributed by atoms with Crippen LogP contribution in [0.25, 0.3) is 6.08 Å². The zero-order chi connectivity index (χ0) is 23.1. The highest BCUT2D eigenvalue weighted by Gasteiger charge is 2.14. The predicted octanol–water partition coefficient (Wildman–Crippen LogP) is 6.54. The number of carbonyl (C=O) groups excluding carboxylic acids is 1. The summed E-state index contributed by atoms with van der Waals surface area (Å²) in [6.07, 6.45) is 1.50. The zero-order valence-corrected chi connectivity index (χ0v) is 19.8. The Hall–Kier alpha value is -3.27. The number of methoxy groups -OCH3 is 1. The molecule has 1 amide bonds. The molecule has 0 heterocycles. The van der Waals surface area contributed by atoms with E-state index in [-0.39, 0.29) is 5.57 Å². The minimum atomic E-state index is -0.493. The maximum Gasteiger partial charge on any atom is 0.266 e. The average molecular weight is 512 g/mol. The van der Waals surface area contributed by atoms with Crippen molar-refractivity contribution in [2.24, 2.45) is 0 Å². The van der Waals surface area contributed by atoms with Gasteiger partial charge < -0.3 is 14.8 Å². The number of hydrogen-bond acceptors (Lipinski definition) is 4. The van der Waals surface area contributed by atoms with Gasteiger partial charge >= 0.3 is 0 Å². The van der Waals surface area contributed by atoms with Crippen LogP contribution in [0.3, 0.4) is 0 Å². The molecule has 1 N–H and O–H groups in total. The Kier molecular flexibility index (Phi) is 7.93. The highest BCUT2D eigenvalue weighted by atomic mass is 79.9. The molecular weight excluding hydrogens is 492 g/mol. The van der Waals surface area contributed by atoms with Crippen molar-refractivity contribution >= 4 is 45.2 Å². The Morgan fingerprint density at radius 3 is 2.59 bits per heavy atom. The first kappa shape index (κ1) is 23.4. The second-order valence-corrected chi connectivity index (χ2v) is 8.23. The Morgan fingerprint density at radius 1 is 1.19 bits per heavy atom. The normalized spacial score (nSPS) is 10.9. The SMILES string of the molecule is COc1cc(/C=C(\C#N)C(=O)Nc2ccc(C)cc2)cc(Br)c1OCc1cccc(Cl)c1. The van der Waals surface area contributed by atoms with Gasteiger partial charge in [-0.05, 0) is 76.5 Å². The summed E-state index contributed by atoms with van der Waals surface area (Å²) in [5, 5.41) is 12.9. The lowest BCUT2D eigenvalue weighted by Crippen LogP contribution is -2.13. The largest absolute Gasteiger partial charge is 0.493 e. The average Bonchev–Trinajstić information content (AvgIpc) is 2.77. The van der Waals surface area contributed by atoms with Crippen molar-refractivity contribution in [1.29, 1.82) is 5.26 Å². The Balaban J connectivity index is 1.81. The molecule has 0 aliphatic carbocycles. The van der Waals surface area contributed by atoms with E-state index in [9.17, 15) is 10.1 Å². The molecule has 0 aromatic heterocycles. The van der Waals surface area contributed by atoms with Crippen LogP contribution in [0.1, 0.15) is 16.7 Å². The summed E-state index contributed by atoms with van der Waals surface area (Å²) in [6.45, 7) is 2.26. The molecule has 0 saturated carbocycles. The van der Waals surface area contributed by atoms with Crippen molar-refractivity contribution in [3.63, 3.8) is 0 Å². The summed E-state index contributed by atoms with van der Waals surface area (Å²) in [4.78, 5) is 12.5. The molecule has 32 heavy (non-hydrogen) atoms. The second-order valence-electron chi connectivity index (χ2n) is 6.94. The summed E-state index contributed by atoms with van der Waals surface area (Å²) in [6, 6.07) is 20.1. The standard InChI is InChI=1S/C25H20BrClN2O3/c1-16-6-8-21(9-7-16)29-25(30)19(14-28)10-18-12-22(26)24(23(13-18)31-2)32-15-17-4-3-5-20(27)11-17/h3-13H,15H2,1-2H3,(H,29,30)/b19-10+. The maximum absolute atomic E-state index is 12.5. The lowest BCUT2D eigenvalue weighted by molar-refractivity contribution is -0.112. The number of benzene rings is 3. The van der Waals surface area contributed by atoms with Crippen LogP contribution in [0.5, 0.6) is 11.5 Å². The highest BCUT2D eigenvalue weighted by Crippen LogP contribution is 2.38. The quantitative estimate of drug-likeness (QED) is 0.289. The topological polar surface area (TPSA) is 71.3 Å². The van der Waals surface area contributed by atoms with Crippen LogP contribution >= 0.6 is 27.5 Å². The van der Waals surface area contributed by atoms with Gasteiger partial charge in [-0.2, -0.15) is 5.26 Å². The Labute approximate surface area is 200 Å². The van der Waals surface area contributed by atoms with Crippen LogP contribution in [-0.2, 0) is 11.4 Å².